The van der Waals surface area contributed by atoms with Gasteiger partial charge in [-0.05, 0) is 36.7 Å². The predicted molar refractivity (Wildman–Crippen MR) is 88.5 cm³/mol. The summed E-state index contributed by atoms with van der Waals surface area (Å²) in [7, 11) is 0. The summed E-state index contributed by atoms with van der Waals surface area (Å²) in [6.07, 6.45) is 0. The van der Waals surface area contributed by atoms with Crippen LogP contribution in [-0.4, -0.2) is 6.54 Å². The summed E-state index contributed by atoms with van der Waals surface area (Å²) >= 11 is 7.17. The van der Waals surface area contributed by atoms with E-state index in [0.717, 1.165) is 15.5 Å². The van der Waals surface area contributed by atoms with E-state index in [1.807, 2.05) is 0 Å². The van der Waals surface area contributed by atoms with Crippen LogP contribution in [0.2, 0.25) is 0 Å². The average Bonchev–Trinajstić information content (AvgIpc) is 2.37. The molecule has 1 nitrogen and oxygen atoms in total. The molecule has 0 saturated heterocycles. The lowest BCUT2D eigenvalue weighted by Crippen LogP contribution is -2.22. The van der Waals surface area contributed by atoms with Crippen LogP contribution in [-0.2, 0) is 0 Å². The van der Waals surface area contributed by atoms with Gasteiger partial charge in [-0.3, -0.25) is 0 Å². The summed E-state index contributed by atoms with van der Waals surface area (Å²) in [5.74, 6) is 0. The smallest absolute Gasteiger partial charge is 0.0587 e. The van der Waals surface area contributed by atoms with Crippen molar-refractivity contribution in [2.24, 2.45) is 0 Å². The lowest BCUT2D eigenvalue weighted by Gasteiger charge is -2.21. The molecular weight excluding hydrogens is 366 g/mol. The standard InChI is InChI=1S/C16H17Br2N/c1-3-19-16(12-6-4-5-11(2)9-12)14-8-7-13(17)10-15(14)18/h4-10,16,19H,3H2,1-2H3. The van der Waals surface area contributed by atoms with Crippen LogP contribution in [0.3, 0.4) is 0 Å². The zero-order chi connectivity index (χ0) is 13.8. The third-order valence-electron chi connectivity index (χ3n) is 3.06. The SMILES string of the molecule is CCNC(c1cccc(C)c1)c1ccc(Br)cc1Br. The van der Waals surface area contributed by atoms with Gasteiger partial charge in [-0.2, -0.15) is 0 Å². The molecule has 0 bridgehead atoms. The van der Waals surface area contributed by atoms with Crippen molar-refractivity contribution >= 4 is 31.9 Å². The molecule has 0 spiro atoms. The molecule has 0 amide bonds. The molecule has 100 valence electrons. The number of halogens is 2. The molecule has 0 aliphatic carbocycles. The molecule has 0 fully saturated rings. The van der Waals surface area contributed by atoms with E-state index < -0.39 is 0 Å². The van der Waals surface area contributed by atoms with Crippen molar-refractivity contribution in [1.29, 1.82) is 0 Å². The van der Waals surface area contributed by atoms with Crippen molar-refractivity contribution in [2.75, 3.05) is 6.54 Å². The number of benzene rings is 2. The van der Waals surface area contributed by atoms with E-state index in [2.05, 4.69) is 93.5 Å². The molecule has 1 unspecified atom stereocenters. The Labute approximate surface area is 131 Å². The number of rotatable bonds is 4. The van der Waals surface area contributed by atoms with Gasteiger partial charge in [0.05, 0.1) is 6.04 Å². The van der Waals surface area contributed by atoms with Crippen LogP contribution in [0.4, 0.5) is 0 Å². The first-order chi connectivity index (χ1) is 9.11. The maximum Gasteiger partial charge on any atom is 0.0587 e. The van der Waals surface area contributed by atoms with Crippen LogP contribution in [0, 0.1) is 6.92 Å². The number of aryl methyl sites for hydroxylation is 1. The maximum absolute atomic E-state index is 3.66. The minimum Gasteiger partial charge on any atom is -0.306 e. The van der Waals surface area contributed by atoms with E-state index in [0.29, 0.717) is 0 Å². The maximum atomic E-state index is 3.66. The minimum absolute atomic E-state index is 0.215. The summed E-state index contributed by atoms with van der Waals surface area (Å²) in [4.78, 5) is 0. The predicted octanol–water partition coefficient (Wildman–Crippen LogP) is 5.22. The lowest BCUT2D eigenvalue weighted by molar-refractivity contribution is 0.628. The highest BCUT2D eigenvalue weighted by Crippen LogP contribution is 2.31. The Morgan fingerprint density at radius 1 is 1.11 bits per heavy atom. The molecule has 0 heterocycles. The Hall–Kier alpha value is -0.640. The third-order valence-corrected chi connectivity index (χ3v) is 4.24. The fourth-order valence-corrected chi connectivity index (χ4v) is 3.47. The zero-order valence-corrected chi connectivity index (χ0v) is 14.3. The topological polar surface area (TPSA) is 12.0 Å². The molecule has 1 N–H and O–H groups in total. The van der Waals surface area contributed by atoms with Gasteiger partial charge in [0.1, 0.15) is 0 Å². The fraction of sp³-hybridized carbons (Fsp3) is 0.250. The molecule has 1 atom stereocenters. The molecule has 0 aliphatic rings. The van der Waals surface area contributed by atoms with E-state index in [1.54, 1.807) is 0 Å². The van der Waals surface area contributed by atoms with Gasteiger partial charge in [-0.1, -0.05) is 74.7 Å². The largest absolute Gasteiger partial charge is 0.306 e. The van der Waals surface area contributed by atoms with Crippen molar-refractivity contribution in [2.45, 2.75) is 19.9 Å². The van der Waals surface area contributed by atoms with Crippen LogP contribution in [0.1, 0.15) is 29.7 Å². The Morgan fingerprint density at radius 2 is 1.89 bits per heavy atom. The van der Waals surface area contributed by atoms with Gasteiger partial charge in [-0.15, -0.1) is 0 Å². The zero-order valence-electron chi connectivity index (χ0n) is 11.1. The van der Waals surface area contributed by atoms with Crippen LogP contribution in [0.25, 0.3) is 0 Å². The van der Waals surface area contributed by atoms with E-state index >= 15 is 0 Å². The first-order valence-corrected chi connectivity index (χ1v) is 7.95. The van der Waals surface area contributed by atoms with Gasteiger partial charge >= 0.3 is 0 Å². The Balaban J connectivity index is 2.45. The number of hydrogen-bond acceptors (Lipinski definition) is 1. The molecule has 0 aliphatic heterocycles. The quantitative estimate of drug-likeness (QED) is 0.764. The van der Waals surface area contributed by atoms with Gasteiger partial charge in [-0.25, -0.2) is 0 Å². The van der Waals surface area contributed by atoms with Gasteiger partial charge in [0.2, 0.25) is 0 Å². The first-order valence-electron chi connectivity index (χ1n) is 6.36. The van der Waals surface area contributed by atoms with Gasteiger partial charge in [0.15, 0.2) is 0 Å². The summed E-state index contributed by atoms with van der Waals surface area (Å²) in [5, 5.41) is 3.56. The number of nitrogens with one attached hydrogen (secondary N) is 1. The number of hydrogen-bond donors (Lipinski definition) is 1. The molecule has 2 aromatic carbocycles. The summed E-state index contributed by atoms with van der Waals surface area (Å²) in [5.41, 5.74) is 3.84. The monoisotopic (exact) mass is 381 g/mol. The van der Waals surface area contributed by atoms with Gasteiger partial charge < -0.3 is 5.32 Å². The van der Waals surface area contributed by atoms with Gasteiger partial charge in [0.25, 0.3) is 0 Å². The molecule has 2 rings (SSSR count). The second kappa shape index (κ2) is 6.69. The van der Waals surface area contributed by atoms with Crippen LogP contribution >= 0.6 is 31.9 Å². The molecule has 2 aromatic rings. The molecule has 0 radical (unpaired) electrons. The summed E-state index contributed by atoms with van der Waals surface area (Å²) < 4.78 is 2.21. The van der Waals surface area contributed by atoms with Crippen LogP contribution in [0.15, 0.2) is 51.4 Å². The summed E-state index contributed by atoms with van der Waals surface area (Å²) in [6, 6.07) is 15.2. The van der Waals surface area contributed by atoms with E-state index in [-0.39, 0.29) is 6.04 Å². The van der Waals surface area contributed by atoms with E-state index in [4.69, 9.17) is 0 Å². The van der Waals surface area contributed by atoms with Crippen molar-refractivity contribution < 1.29 is 0 Å². The molecule has 19 heavy (non-hydrogen) atoms. The van der Waals surface area contributed by atoms with E-state index in [9.17, 15) is 0 Å². The second-order valence-corrected chi connectivity index (χ2v) is 6.34. The first kappa shape index (κ1) is 14.8. The highest BCUT2D eigenvalue weighted by Gasteiger charge is 2.15. The van der Waals surface area contributed by atoms with Crippen molar-refractivity contribution in [3.05, 3.63) is 68.1 Å². The molecular formula is C16H17Br2N. The van der Waals surface area contributed by atoms with Crippen molar-refractivity contribution in [1.82, 2.24) is 5.32 Å². The fourth-order valence-electron chi connectivity index (χ4n) is 2.20. The second-order valence-electron chi connectivity index (χ2n) is 4.57. The van der Waals surface area contributed by atoms with Crippen LogP contribution in [0.5, 0.6) is 0 Å². The van der Waals surface area contributed by atoms with E-state index in [1.165, 1.54) is 16.7 Å². The summed E-state index contributed by atoms with van der Waals surface area (Å²) in [6.45, 7) is 5.19. The molecule has 3 heteroatoms. The Morgan fingerprint density at radius 3 is 2.53 bits per heavy atom. The normalized spacial score (nSPS) is 12.4. The van der Waals surface area contributed by atoms with Crippen LogP contribution < -0.4 is 5.32 Å². The highest BCUT2D eigenvalue weighted by molar-refractivity contribution is 9.11. The third kappa shape index (κ3) is 3.68. The Bertz CT molecular complexity index is 566. The highest BCUT2D eigenvalue weighted by atomic mass is 79.9. The molecule has 0 saturated carbocycles. The van der Waals surface area contributed by atoms with Gasteiger partial charge in [0, 0.05) is 8.95 Å². The van der Waals surface area contributed by atoms with Crippen molar-refractivity contribution in [3.8, 4) is 0 Å². The molecule has 0 aromatic heterocycles. The Kier molecular flexibility index (Phi) is 5.20. The van der Waals surface area contributed by atoms with Crippen molar-refractivity contribution in [3.63, 3.8) is 0 Å². The average molecular weight is 383 g/mol. The minimum atomic E-state index is 0.215. The lowest BCUT2D eigenvalue weighted by atomic mass is 9.97.